The summed E-state index contributed by atoms with van der Waals surface area (Å²) in [6.07, 6.45) is 8.22. The maximum Gasteiger partial charge on any atom is 0.146 e. The van der Waals surface area contributed by atoms with Gasteiger partial charge in [-0.05, 0) is 0 Å². The lowest BCUT2D eigenvalue weighted by atomic mass is 9.28. The Morgan fingerprint density at radius 2 is 1.31 bits per heavy atom. The van der Waals surface area contributed by atoms with Crippen molar-refractivity contribution < 1.29 is 0 Å². The Morgan fingerprint density at radius 1 is 0.846 bits per heavy atom. The molecule has 0 aromatic carbocycles. The molecule has 0 unspecified atom stereocenters. The van der Waals surface area contributed by atoms with Gasteiger partial charge in [0.2, 0.25) is 0 Å². The predicted molar refractivity (Wildman–Crippen MR) is 64.9 cm³/mol. The van der Waals surface area contributed by atoms with Crippen LogP contribution in [0.15, 0.2) is 0 Å². The first kappa shape index (κ1) is 13.1. The lowest BCUT2D eigenvalue weighted by Gasteiger charge is -2.37. The van der Waals surface area contributed by atoms with Crippen molar-refractivity contribution in [3.63, 3.8) is 0 Å². The SMILES string of the molecule is CCCC(CC)(CC)B(CC)CC. The zero-order valence-corrected chi connectivity index (χ0v) is 10.3. The lowest BCUT2D eigenvalue weighted by molar-refractivity contribution is 0.458. The molecule has 0 aliphatic heterocycles. The summed E-state index contributed by atoms with van der Waals surface area (Å²) in [6, 6.07) is 0. The quantitative estimate of drug-likeness (QED) is 0.492. The van der Waals surface area contributed by atoms with Crippen LogP contribution in [0.2, 0.25) is 18.0 Å². The highest BCUT2D eigenvalue weighted by Crippen LogP contribution is 2.45. The van der Waals surface area contributed by atoms with Gasteiger partial charge < -0.3 is 0 Å². The largest absolute Gasteiger partial charge is 0.146 e. The van der Waals surface area contributed by atoms with Gasteiger partial charge in [0.1, 0.15) is 6.71 Å². The van der Waals surface area contributed by atoms with Gasteiger partial charge in [-0.1, -0.05) is 78.3 Å². The zero-order valence-electron chi connectivity index (χ0n) is 10.3. The standard InChI is InChI=1S/C12H27B/c1-6-11-12(7-2,8-3)13(9-4)10-5/h6-11H2,1-5H3. The van der Waals surface area contributed by atoms with E-state index in [0.29, 0.717) is 5.31 Å². The summed E-state index contributed by atoms with van der Waals surface area (Å²) in [5.41, 5.74) is 0. The van der Waals surface area contributed by atoms with Gasteiger partial charge in [-0.3, -0.25) is 0 Å². The van der Waals surface area contributed by atoms with E-state index in [1.807, 2.05) is 0 Å². The Balaban J connectivity index is 4.50. The van der Waals surface area contributed by atoms with Gasteiger partial charge in [-0.25, -0.2) is 0 Å². The van der Waals surface area contributed by atoms with E-state index in [9.17, 15) is 0 Å². The van der Waals surface area contributed by atoms with Crippen LogP contribution in [0.5, 0.6) is 0 Å². The summed E-state index contributed by atoms with van der Waals surface area (Å²) in [5, 5.41) is 0.651. The van der Waals surface area contributed by atoms with Crippen LogP contribution in [-0.2, 0) is 0 Å². The zero-order chi connectivity index (χ0) is 10.3. The molecule has 13 heavy (non-hydrogen) atoms. The number of hydrogen-bond acceptors (Lipinski definition) is 0. The van der Waals surface area contributed by atoms with Gasteiger partial charge >= 0.3 is 0 Å². The van der Waals surface area contributed by atoms with Gasteiger partial charge in [0, 0.05) is 0 Å². The molecule has 0 radical (unpaired) electrons. The van der Waals surface area contributed by atoms with Gasteiger partial charge in [-0.2, -0.15) is 0 Å². The Morgan fingerprint density at radius 3 is 1.54 bits per heavy atom. The smallest absolute Gasteiger partial charge is 0.0766 e. The molecule has 0 aromatic rings. The Labute approximate surface area is 85.6 Å². The van der Waals surface area contributed by atoms with E-state index < -0.39 is 0 Å². The summed E-state index contributed by atoms with van der Waals surface area (Å²) in [6.45, 7) is 12.7. The van der Waals surface area contributed by atoms with E-state index in [1.54, 1.807) is 0 Å². The third-order valence-electron chi connectivity index (χ3n) is 4.01. The van der Waals surface area contributed by atoms with Crippen LogP contribution in [0.4, 0.5) is 0 Å². The molecule has 0 fully saturated rings. The first-order valence-electron chi connectivity index (χ1n) is 6.20. The molecule has 0 saturated carbocycles. The fourth-order valence-electron chi connectivity index (χ4n) is 3.04. The highest BCUT2D eigenvalue weighted by molar-refractivity contribution is 6.62. The van der Waals surface area contributed by atoms with Crippen LogP contribution in [0.3, 0.4) is 0 Å². The van der Waals surface area contributed by atoms with Gasteiger partial charge in [-0.15, -0.1) is 0 Å². The Bertz CT molecular complexity index is 112. The molecule has 0 heterocycles. The average molecular weight is 182 g/mol. The first-order valence-corrected chi connectivity index (χ1v) is 6.20. The Kier molecular flexibility index (Phi) is 6.54. The molecule has 0 amide bonds. The number of hydrogen-bond donors (Lipinski definition) is 0. The van der Waals surface area contributed by atoms with Crippen LogP contribution >= 0.6 is 0 Å². The van der Waals surface area contributed by atoms with E-state index in [1.165, 1.54) is 38.3 Å². The van der Waals surface area contributed by atoms with Crippen molar-refractivity contribution in [3.05, 3.63) is 0 Å². The summed E-state index contributed by atoms with van der Waals surface area (Å²) in [7, 11) is 0. The van der Waals surface area contributed by atoms with Crippen LogP contribution in [0, 0.1) is 0 Å². The topological polar surface area (TPSA) is 0 Å². The van der Waals surface area contributed by atoms with Gasteiger partial charge in [0.25, 0.3) is 0 Å². The van der Waals surface area contributed by atoms with E-state index in [0.717, 1.165) is 6.71 Å². The molecule has 0 atom stereocenters. The van der Waals surface area contributed by atoms with E-state index in [4.69, 9.17) is 0 Å². The predicted octanol–water partition coefficient (Wildman–Crippen LogP) is 4.88. The van der Waals surface area contributed by atoms with Crippen LogP contribution in [0.1, 0.15) is 60.3 Å². The van der Waals surface area contributed by atoms with Crippen molar-refractivity contribution in [2.75, 3.05) is 0 Å². The van der Waals surface area contributed by atoms with E-state index >= 15 is 0 Å². The molecule has 0 bridgehead atoms. The molecule has 1 heteroatoms. The molecule has 0 aliphatic rings. The fraction of sp³-hybridized carbons (Fsp3) is 1.00. The van der Waals surface area contributed by atoms with Crippen molar-refractivity contribution in [3.8, 4) is 0 Å². The van der Waals surface area contributed by atoms with Gasteiger partial charge in [0.15, 0.2) is 0 Å². The van der Waals surface area contributed by atoms with Crippen molar-refractivity contribution in [1.82, 2.24) is 0 Å². The molecule has 0 saturated heterocycles. The highest BCUT2D eigenvalue weighted by atomic mass is 14.2. The molecule has 78 valence electrons. The third-order valence-corrected chi connectivity index (χ3v) is 4.01. The average Bonchev–Trinajstić information content (AvgIpc) is 2.18. The van der Waals surface area contributed by atoms with E-state index in [-0.39, 0.29) is 0 Å². The van der Waals surface area contributed by atoms with E-state index in [2.05, 4.69) is 34.6 Å². The first-order chi connectivity index (χ1) is 6.20. The van der Waals surface area contributed by atoms with Crippen LogP contribution < -0.4 is 0 Å². The third kappa shape index (κ3) is 3.04. The van der Waals surface area contributed by atoms with Gasteiger partial charge in [0.05, 0.1) is 0 Å². The number of rotatable bonds is 7. The highest BCUT2D eigenvalue weighted by Gasteiger charge is 2.34. The maximum absolute atomic E-state index is 2.37. The summed E-state index contributed by atoms with van der Waals surface area (Å²) in [4.78, 5) is 0. The minimum absolute atomic E-state index is 0.651. The second-order valence-electron chi connectivity index (χ2n) is 4.33. The summed E-state index contributed by atoms with van der Waals surface area (Å²) < 4.78 is 0. The van der Waals surface area contributed by atoms with Crippen molar-refractivity contribution >= 4 is 6.71 Å². The molecular formula is C12H27B. The monoisotopic (exact) mass is 182 g/mol. The molecule has 0 rings (SSSR count). The summed E-state index contributed by atoms with van der Waals surface area (Å²) >= 11 is 0. The fourth-order valence-corrected chi connectivity index (χ4v) is 3.04. The molecule has 0 spiro atoms. The summed E-state index contributed by atoms with van der Waals surface area (Å²) in [5.74, 6) is 0. The van der Waals surface area contributed by atoms with Crippen molar-refractivity contribution in [1.29, 1.82) is 0 Å². The van der Waals surface area contributed by atoms with Crippen LogP contribution in [0.25, 0.3) is 0 Å². The molecule has 0 aromatic heterocycles. The molecule has 0 aliphatic carbocycles. The maximum atomic E-state index is 2.37. The molecule has 0 N–H and O–H groups in total. The minimum Gasteiger partial charge on any atom is -0.0766 e. The normalized spacial score (nSPS) is 11.8. The van der Waals surface area contributed by atoms with Crippen LogP contribution in [-0.4, -0.2) is 6.71 Å². The molecular weight excluding hydrogens is 155 g/mol. The second-order valence-corrected chi connectivity index (χ2v) is 4.33. The molecule has 0 nitrogen and oxygen atoms in total. The van der Waals surface area contributed by atoms with Crippen molar-refractivity contribution in [2.45, 2.75) is 78.3 Å². The second kappa shape index (κ2) is 6.51. The van der Waals surface area contributed by atoms with Crippen molar-refractivity contribution in [2.24, 2.45) is 0 Å². The minimum atomic E-state index is 0.651. The lowest BCUT2D eigenvalue weighted by Crippen LogP contribution is -2.30. The Hall–Kier alpha value is 0.0649.